The van der Waals surface area contributed by atoms with Crippen molar-refractivity contribution in [1.82, 2.24) is 29.5 Å². The third-order valence-electron chi connectivity index (χ3n) is 12.4. The van der Waals surface area contributed by atoms with Gasteiger partial charge in [-0.05, 0) is 105 Å². The van der Waals surface area contributed by atoms with Crippen LogP contribution in [0.5, 0.6) is 0 Å². The van der Waals surface area contributed by atoms with Gasteiger partial charge in [-0.3, -0.25) is 14.8 Å². The van der Waals surface area contributed by atoms with Crippen molar-refractivity contribution < 1.29 is 4.79 Å². The molecule has 5 aromatic rings. The zero-order valence-electron chi connectivity index (χ0n) is 32.6. The lowest BCUT2D eigenvalue weighted by molar-refractivity contribution is 0.102. The van der Waals surface area contributed by atoms with Gasteiger partial charge >= 0.3 is 0 Å². The number of aromatic nitrogens is 4. The Morgan fingerprint density at radius 3 is 2.54 bits per heavy atom. The minimum atomic E-state index is -0.114. The lowest BCUT2D eigenvalue weighted by Crippen LogP contribution is -2.45. The van der Waals surface area contributed by atoms with Crippen molar-refractivity contribution in [3.8, 4) is 11.1 Å². The highest BCUT2D eigenvalue weighted by Gasteiger charge is 2.34. The first kappa shape index (κ1) is 36.8. The molecular formula is C44H56N8OS. The number of amides is 1. The van der Waals surface area contributed by atoms with Crippen LogP contribution in [0.15, 0.2) is 60.8 Å². The number of piperazine rings is 1. The first-order valence-corrected chi connectivity index (χ1v) is 21.0. The van der Waals surface area contributed by atoms with Gasteiger partial charge in [-0.2, -0.15) is 5.10 Å². The molecule has 2 aromatic carbocycles. The number of hydrogen-bond donors (Lipinski definition) is 1. The monoisotopic (exact) mass is 744 g/mol. The molecule has 0 bridgehead atoms. The van der Waals surface area contributed by atoms with E-state index in [4.69, 9.17) is 10.1 Å². The first-order valence-electron chi connectivity index (χ1n) is 20.2. The van der Waals surface area contributed by atoms with Crippen molar-refractivity contribution >= 4 is 38.4 Å². The number of anilines is 2. The molecule has 54 heavy (non-hydrogen) atoms. The van der Waals surface area contributed by atoms with E-state index in [1.165, 1.54) is 111 Å². The van der Waals surface area contributed by atoms with E-state index in [-0.39, 0.29) is 11.8 Å². The summed E-state index contributed by atoms with van der Waals surface area (Å²) in [4.78, 5) is 31.1. The van der Waals surface area contributed by atoms with Crippen LogP contribution in [0.1, 0.15) is 97.6 Å². The van der Waals surface area contributed by atoms with Gasteiger partial charge in [-0.1, -0.05) is 68.7 Å². The molecule has 3 aromatic heterocycles. The van der Waals surface area contributed by atoms with Gasteiger partial charge in [-0.15, -0.1) is 0 Å². The van der Waals surface area contributed by atoms with E-state index in [1.54, 1.807) is 0 Å². The van der Waals surface area contributed by atoms with Crippen LogP contribution in [0.3, 0.4) is 0 Å². The van der Waals surface area contributed by atoms with E-state index in [0.29, 0.717) is 22.7 Å². The van der Waals surface area contributed by atoms with E-state index in [1.807, 2.05) is 36.4 Å². The van der Waals surface area contributed by atoms with Crippen LogP contribution >= 0.6 is 11.3 Å². The summed E-state index contributed by atoms with van der Waals surface area (Å²) in [6, 6.07) is 18.5. The van der Waals surface area contributed by atoms with E-state index in [9.17, 15) is 4.79 Å². The van der Waals surface area contributed by atoms with Gasteiger partial charge in [0, 0.05) is 68.2 Å². The molecule has 1 aliphatic carbocycles. The summed E-state index contributed by atoms with van der Waals surface area (Å²) < 4.78 is 3.38. The highest BCUT2D eigenvalue weighted by atomic mass is 32.1. The van der Waals surface area contributed by atoms with E-state index in [0.717, 1.165) is 46.8 Å². The Kier molecular flexibility index (Phi) is 10.9. The fraction of sp³-hybridized carbons (Fsp3) is 0.500. The minimum absolute atomic E-state index is 0.114. The number of likely N-dealkylation sites (N-methyl/N-ethyl adjacent to an activating group) is 1. The molecule has 2 aliphatic heterocycles. The molecule has 0 spiro atoms. The number of pyridine rings is 1. The second-order valence-electron chi connectivity index (χ2n) is 16.4. The molecule has 3 aliphatic rings. The van der Waals surface area contributed by atoms with Crippen LogP contribution in [0.4, 0.5) is 10.9 Å². The number of fused-ring (bicyclic) bond motifs is 2. The average Bonchev–Trinajstić information content (AvgIpc) is 3.77. The van der Waals surface area contributed by atoms with E-state index in [2.05, 4.69) is 81.9 Å². The molecular weight excluding hydrogens is 689 g/mol. The van der Waals surface area contributed by atoms with Crippen molar-refractivity contribution in [3.05, 3.63) is 88.9 Å². The summed E-state index contributed by atoms with van der Waals surface area (Å²) in [6.45, 7) is 15.2. The standard InChI is InChI=1S/C44H56N8OS/c1-31(2)41-34(36-28-45-52(32(36)3)30-44(19-8-5-9-20-44)21-11-22-50-26-24-49(4)25-27-50)16-17-40(47-41)51-23-18-33-12-10-13-35(37(33)29-51)42(53)48-43-46-38-14-6-7-15-39(38)54-43/h6-7,10,12-17,28,31H,5,8-9,11,18-27,29-30H2,1-4H3,(H,46,48,53). The van der Waals surface area contributed by atoms with Gasteiger partial charge in [-0.25, -0.2) is 9.97 Å². The second-order valence-corrected chi connectivity index (χ2v) is 17.5. The van der Waals surface area contributed by atoms with E-state index >= 15 is 0 Å². The number of thiazole rings is 1. The molecule has 2 fully saturated rings. The fourth-order valence-corrected chi connectivity index (χ4v) is 9.97. The topological polar surface area (TPSA) is 82.4 Å². The Labute approximate surface area is 324 Å². The summed E-state index contributed by atoms with van der Waals surface area (Å²) in [7, 11) is 2.24. The van der Waals surface area contributed by atoms with Crippen LogP contribution in [-0.4, -0.2) is 81.8 Å². The second kappa shape index (κ2) is 15.9. The first-order chi connectivity index (χ1) is 26.2. The zero-order valence-corrected chi connectivity index (χ0v) is 33.4. The SMILES string of the molecule is Cc1c(-c2ccc(N3CCc4cccc(C(=O)Nc5nc6ccccc6s5)c4C3)nc2C(C)C)cnn1CC1(CCCN2CCN(C)CC2)CCCCC1. The minimum Gasteiger partial charge on any atom is -0.352 e. The summed E-state index contributed by atoms with van der Waals surface area (Å²) in [5.41, 5.74) is 8.94. The Morgan fingerprint density at radius 2 is 1.74 bits per heavy atom. The number of rotatable bonds is 11. The lowest BCUT2D eigenvalue weighted by Gasteiger charge is -2.39. The van der Waals surface area contributed by atoms with Crippen LogP contribution in [0.25, 0.3) is 21.3 Å². The third kappa shape index (κ3) is 7.84. The van der Waals surface area contributed by atoms with Crippen LogP contribution < -0.4 is 10.2 Å². The Hall–Kier alpha value is -4.12. The number of nitrogens with zero attached hydrogens (tertiary/aromatic N) is 7. The van der Waals surface area contributed by atoms with Gasteiger partial charge in [0.2, 0.25) is 0 Å². The predicted molar refractivity (Wildman–Crippen MR) is 222 cm³/mol. The van der Waals surface area contributed by atoms with Gasteiger partial charge in [0.05, 0.1) is 22.1 Å². The number of hydrogen-bond acceptors (Lipinski definition) is 8. The molecule has 1 saturated carbocycles. The summed E-state index contributed by atoms with van der Waals surface area (Å²) >= 11 is 1.51. The van der Waals surface area contributed by atoms with Gasteiger partial charge in [0.15, 0.2) is 5.13 Å². The molecule has 0 atom stereocenters. The van der Waals surface area contributed by atoms with Gasteiger partial charge in [0.1, 0.15) is 5.82 Å². The molecule has 8 rings (SSSR count). The Morgan fingerprint density at radius 1 is 0.926 bits per heavy atom. The molecule has 0 radical (unpaired) electrons. The summed E-state index contributed by atoms with van der Waals surface area (Å²) in [5.74, 6) is 1.09. The molecule has 9 nitrogen and oxygen atoms in total. The van der Waals surface area contributed by atoms with E-state index < -0.39 is 0 Å². The van der Waals surface area contributed by atoms with Gasteiger partial charge in [0.25, 0.3) is 5.91 Å². The van der Waals surface area contributed by atoms with Crippen LogP contribution in [0, 0.1) is 12.3 Å². The van der Waals surface area contributed by atoms with Crippen molar-refractivity contribution in [2.24, 2.45) is 5.41 Å². The smallest absolute Gasteiger partial charge is 0.257 e. The maximum absolute atomic E-state index is 13.7. The largest absolute Gasteiger partial charge is 0.352 e. The number of benzene rings is 2. The van der Waals surface area contributed by atoms with Crippen molar-refractivity contribution in [1.29, 1.82) is 0 Å². The molecule has 0 unspecified atom stereocenters. The Bertz CT molecular complexity index is 2050. The molecule has 1 amide bonds. The highest BCUT2D eigenvalue weighted by Crippen LogP contribution is 2.43. The molecule has 5 heterocycles. The van der Waals surface area contributed by atoms with Crippen molar-refractivity contribution in [2.75, 3.05) is 56.5 Å². The maximum Gasteiger partial charge on any atom is 0.257 e. The number of nitrogens with one attached hydrogen (secondary N) is 1. The summed E-state index contributed by atoms with van der Waals surface area (Å²) in [5, 5.41) is 8.77. The lowest BCUT2D eigenvalue weighted by atomic mass is 9.71. The molecule has 1 N–H and O–H groups in total. The highest BCUT2D eigenvalue weighted by molar-refractivity contribution is 7.22. The third-order valence-corrected chi connectivity index (χ3v) is 13.3. The molecule has 284 valence electrons. The van der Waals surface area contributed by atoms with Crippen molar-refractivity contribution in [2.45, 2.75) is 91.1 Å². The van der Waals surface area contributed by atoms with Crippen molar-refractivity contribution in [3.63, 3.8) is 0 Å². The van der Waals surface area contributed by atoms with Crippen LogP contribution in [-0.2, 0) is 19.5 Å². The predicted octanol–water partition coefficient (Wildman–Crippen LogP) is 8.78. The normalized spacial score (nSPS) is 18.0. The van der Waals surface area contributed by atoms with Crippen LogP contribution in [0.2, 0.25) is 0 Å². The zero-order chi connectivity index (χ0) is 37.2. The number of carbonyl (C=O) groups is 1. The molecule has 1 saturated heterocycles. The van der Waals surface area contributed by atoms with Gasteiger partial charge < -0.3 is 14.7 Å². The maximum atomic E-state index is 13.7. The fourth-order valence-electron chi connectivity index (χ4n) is 9.11. The number of para-hydroxylation sites is 1. The summed E-state index contributed by atoms with van der Waals surface area (Å²) in [6.07, 6.45) is 12.2. The average molecular weight is 745 g/mol. The Balaban J connectivity index is 0.989. The molecule has 10 heteroatoms. The number of carbonyl (C=O) groups excluding carboxylic acids is 1. The quantitative estimate of drug-likeness (QED) is 0.145.